The summed E-state index contributed by atoms with van der Waals surface area (Å²) in [5, 5.41) is 0.612. The molecule has 0 aliphatic heterocycles. The molecule has 3 nitrogen and oxygen atoms in total. The van der Waals surface area contributed by atoms with Crippen LogP contribution in [0.15, 0.2) is 65.5 Å². The fourth-order valence-corrected chi connectivity index (χ4v) is 3.50. The zero-order valence-electron chi connectivity index (χ0n) is 12.5. The predicted octanol–water partition coefficient (Wildman–Crippen LogP) is 4.63. The molecule has 0 saturated carbocycles. The van der Waals surface area contributed by atoms with E-state index in [1.165, 1.54) is 9.75 Å². The summed E-state index contributed by atoms with van der Waals surface area (Å²) < 4.78 is 0. The van der Waals surface area contributed by atoms with Crippen LogP contribution >= 0.6 is 11.3 Å². The molecule has 0 atom stereocenters. The van der Waals surface area contributed by atoms with E-state index >= 15 is 0 Å². The minimum absolute atomic E-state index is 0.108. The first-order valence-electron chi connectivity index (χ1n) is 7.37. The highest BCUT2D eigenvalue weighted by atomic mass is 32.1. The summed E-state index contributed by atoms with van der Waals surface area (Å²) >= 11 is 1.76. The normalized spacial score (nSPS) is 11.0. The number of hydrogen-bond donors (Lipinski definition) is 1. The van der Waals surface area contributed by atoms with Gasteiger partial charge in [-0.25, -0.2) is 4.98 Å². The van der Waals surface area contributed by atoms with Crippen LogP contribution in [0.2, 0.25) is 0 Å². The Labute approximate surface area is 137 Å². The summed E-state index contributed by atoms with van der Waals surface area (Å²) in [6.07, 6.45) is 0. The first-order chi connectivity index (χ1) is 11.2. The Kier molecular flexibility index (Phi) is 3.32. The van der Waals surface area contributed by atoms with Gasteiger partial charge in [0.25, 0.3) is 5.56 Å². The maximum atomic E-state index is 12.2. The first-order valence-corrected chi connectivity index (χ1v) is 8.19. The predicted molar refractivity (Wildman–Crippen MR) is 95.8 cm³/mol. The van der Waals surface area contributed by atoms with Crippen LogP contribution in [-0.2, 0) is 0 Å². The number of aromatic nitrogens is 2. The number of aryl methyl sites for hydroxylation is 1. The van der Waals surface area contributed by atoms with Gasteiger partial charge in [-0.1, -0.05) is 30.3 Å². The second kappa shape index (κ2) is 5.48. The number of thiophene rings is 1. The van der Waals surface area contributed by atoms with E-state index in [1.807, 2.05) is 30.3 Å². The lowest BCUT2D eigenvalue weighted by molar-refractivity contribution is 1.18. The van der Waals surface area contributed by atoms with Crippen molar-refractivity contribution in [2.24, 2.45) is 0 Å². The van der Waals surface area contributed by atoms with Gasteiger partial charge in [-0.3, -0.25) is 4.79 Å². The summed E-state index contributed by atoms with van der Waals surface area (Å²) in [7, 11) is 0. The van der Waals surface area contributed by atoms with Gasteiger partial charge in [0.1, 0.15) is 5.82 Å². The average molecular weight is 318 g/mol. The van der Waals surface area contributed by atoms with Gasteiger partial charge in [0, 0.05) is 15.3 Å². The molecular weight excluding hydrogens is 304 g/mol. The number of nitrogens with zero attached hydrogens (tertiary/aromatic N) is 1. The topological polar surface area (TPSA) is 45.8 Å². The molecular formula is C19H14N2OS. The molecule has 0 aliphatic carbocycles. The number of benzene rings is 2. The molecule has 0 unspecified atom stereocenters. The maximum absolute atomic E-state index is 12.2. The Morgan fingerprint density at radius 3 is 2.61 bits per heavy atom. The molecule has 4 rings (SSSR count). The van der Waals surface area contributed by atoms with Crippen molar-refractivity contribution in [1.82, 2.24) is 9.97 Å². The molecule has 0 fully saturated rings. The van der Waals surface area contributed by atoms with E-state index in [9.17, 15) is 4.79 Å². The van der Waals surface area contributed by atoms with Crippen molar-refractivity contribution in [2.75, 3.05) is 0 Å². The lowest BCUT2D eigenvalue weighted by atomic mass is 10.1. The maximum Gasteiger partial charge on any atom is 0.259 e. The van der Waals surface area contributed by atoms with Crippen LogP contribution in [0.3, 0.4) is 0 Å². The Morgan fingerprint density at radius 1 is 0.957 bits per heavy atom. The molecule has 0 spiro atoms. The van der Waals surface area contributed by atoms with Crippen LogP contribution in [-0.4, -0.2) is 9.97 Å². The first kappa shape index (κ1) is 13.9. The van der Waals surface area contributed by atoms with Gasteiger partial charge in [-0.2, -0.15) is 0 Å². The fourth-order valence-electron chi connectivity index (χ4n) is 2.63. The minimum atomic E-state index is -0.108. The van der Waals surface area contributed by atoms with Crippen molar-refractivity contribution in [3.63, 3.8) is 0 Å². The van der Waals surface area contributed by atoms with Crippen LogP contribution in [0.1, 0.15) is 4.88 Å². The molecule has 2 aromatic heterocycles. The molecule has 23 heavy (non-hydrogen) atoms. The molecule has 2 aromatic carbocycles. The zero-order valence-corrected chi connectivity index (χ0v) is 13.4. The summed E-state index contributed by atoms with van der Waals surface area (Å²) in [6.45, 7) is 2.10. The van der Waals surface area contributed by atoms with Gasteiger partial charge >= 0.3 is 0 Å². The molecule has 4 aromatic rings. The van der Waals surface area contributed by atoms with Crippen molar-refractivity contribution < 1.29 is 0 Å². The largest absolute Gasteiger partial charge is 0.306 e. The molecule has 2 heterocycles. The Hall–Kier alpha value is -2.72. The molecule has 0 amide bonds. The number of fused-ring (bicyclic) bond motifs is 1. The number of rotatable bonds is 2. The molecule has 0 radical (unpaired) electrons. The average Bonchev–Trinajstić information content (AvgIpc) is 3.01. The van der Waals surface area contributed by atoms with Gasteiger partial charge in [-0.05, 0) is 42.8 Å². The third kappa shape index (κ3) is 2.58. The lowest BCUT2D eigenvalue weighted by Crippen LogP contribution is -2.09. The number of para-hydroxylation sites is 1. The second-order valence-corrected chi connectivity index (χ2v) is 6.71. The molecule has 112 valence electrons. The van der Waals surface area contributed by atoms with Crippen LogP contribution < -0.4 is 5.56 Å². The van der Waals surface area contributed by atoms with Crippen molar-refractivity contribution in [2.45, 2.75) is 6.92 Å². The number of nitrogens with one attached hydrogen (secondary N) is 1. The van der Waals surface area contributed by atoms with Gasteiger partial charge in [0.05, 0.1) is 10.9 Å². The van der Waals surface area contributed by atoms with E-state index < -0.39 is 0 Å². The third-order valence-electron chi connectivity index (χ3n) is 3.77. The van der Waals surface area contributed by atoms with Crippen molar-refractivity contribution >= 4 is 22.2 Å². The highest BCUT2D eigenvalue weighted by Gasteiger charge is 2.07. The van der Waals surface area contributed by atoms with Crippen LogP contribution in [0.4, 0.5) is 0 Å². The minimum Gasteiger partial charge on any atom is -0.306 e. The number of aromatic amines is 1. The van der Waals surface area contributed by atoms with E-state index in [1.54, 1.807) is 17.4 Å². The molecule has 0 aliphatic rings. The van der Waals surface area contributed by atoms with Gasteiger partial charge in [0.2, 0.25) is 0 Å². The molecule has 1 N–H and O–H groups in total. The fraction of sp³-hybridized carbons (Fsp3) is 0.0526. The van der Waals surface area contributed by atoms with Crippen molar-refractivity contribution in [1.29, 1.82) is 0 Å². The van der Waals surface area contributed by atoms with E-state index in [2.05, 4.69) is 41.2 Å². The molecule has 0 saturated heterocycles. The van der Waals surface area contributed by atoms with Crippen LogP contribution in [0, 0.1) is 6.92 Å². The van der Waals surface area contributed by atoms with E-state index in [4.69, 9.17) is 0 Å². The Morgan fingerprint density at radius 2 is 1.78 bits per heavy atom. The summed E-state index contributed by atoms with van der Waals surface area (Å²) in [5.74, 6) is 0.601. The van der Waals surface area contributed by atoms with Gasteiger partial charge < -0.3 is 4.98 Å². The van der Waals surface area contributed by atoms with E-state index in [0.29, 0.717) is 16.7 Å². The summed E-state index contributed by atoms with van der Waals surface area (Å²) in [4.78, 5) is 22.2. The number of H-pyrrole nitrogens is 1. The summed E-state index contributed by atoms with van der Waals surface area (Å²) in [5.41, 5.74) is 2.65. The smallest absolute Gasteiger partial charge is 0.259 e. The monoisotopic (exact) mass is 318 g/mol. The lowest BCUT2D eigenvalue weighted by Gasteiger charge is -2.05. The number of hydrogen-bond acceptors (Lipinski definition) is 3. The summed E-state index contributed by atoms with van der Waals surface area (Å²) in [6, 6.07) is 19.7. The standard InChI is InChI=1S/C19H14N2OS/c1-12-9-10-17(23-12)13-5-4-6-14(11-13)18-20-16-8-3-2-7-15(16)19(22)21-18/h2-11H,1H3,(H,20,21,22). The van der Waals surface area contributed by atoms with Crippen molar-refractivity contribution in [3.05, 3.63) is 75.9 Å². The Balaban J connectivity index is 1.86. The molecule has 0 bridgehead atoms. The van der Waals surface area contributed by atoms with Gasteiger partial charge in [0.15, 0.2) is 0 Å². The highest BCUT2D eigenvalue weighted by molar-refractivity contribution is 7.15. The second-order valence-electron chi connectivity index (χ2n) is 5.42. The third-order valence-corrected chi connectivity index (χ3v) is 4.82. The van der Waals surface area contributed by atoms with Gasteiger partial charge in [-0.15, -0.1) is 11.3 Å². The Bertz CT molecular complexity index is 1060. The van der Waals surface area contributed by atoms with Crippen LogP contribution in [0.5, 0.6) is 0 Å². The zero-order chi connectivity index (χ0) is 15.8. The van der Waals surface area contributed by atoms with E-state index in [0.717, 1.165) is 11.1 Å². The van der Waals surface area contributed by atoms with Crippen molar-refractivity contribution in [3.8, 4) is 21.8 Å². The van der Waals surface area contributed by atoms with E-state index in [-0.39, 0.29) is 5.56 Å². The molecule has 4 heteroatoms. The highest BCUT2D eigenvalue weighted by Crippen LogP contribution is 2.30. The SMILES string of the molecule is Cc1ccc(-c2cccc(-c3nc4ccccc4c(=O)[nH]3)c2)s1. The van der Waals surface area contributed by atoms with Crippen LogP contribution in [0.25, 0.3) is 32.7 Å². The quantitative estimate of drug-likeness (QED) is 0.586.